The van der Waals surface area contributed by atoms with Crippen molar-refractivity contribution in [3.8, 4) is 12.1 Å². The molecule has 0 aromatic carbocycles. The van der Waals surface area contributed by atoms with Gasteiger partial charge in [-0.2, -0.15) is 15.6 Å². The summed E-state index contributed by atoms with van der Waals surface area (Å²) in [6.45, 7) is 4.86. The van der Waals surface area contributed by atoms with Crippen LogP contribution < -0.4 is 10.5 Å². The molecule has 2 fully saturated rings. The SMILES string of the molecule is N#Cc1ccc(N2CCN(C(=O)CCOC[C@@H]3CCCN3Cc3cn[nH]c(=O)c3C#N)CC2)nc1. The fraction of sp³-hybridized carbons (Fsp3) is 0.500. The normalized spacial score (nSPS) is 18.3. The maximum absolute atomic E-state index is 12.6. The van der Waals surface area contributed by atoms with E-state index in [0.29, 0.717) is 63.5 Å². The second-order valence-corrected chi connectivity index (χ2v) is 8.69. The smallest absolute Gasteiger partial charge is 0.282 e. The van der Waals surface area contributed by atoms with Gasteiger partial charge in [0.05, 0.1) is 31.4 Å². The summed E-state index contributed by atoms with van der Waals surface area (Å²) in [7, 11) is 0. The number of carbonyl (C=O) groups is 1. The molecule has 1 atom stereocenters. The van der Waals surface area contributed by atoms with Crippen LogP contribution in [0.3, 0.4) is 0 Å². The summed E-state index contributed by atoms with van der Waals surface area (Å²) in [5.74, 6) is 0.896. The van der Waals surface area contributed by atoms with Gasteiger partial charge in [0.25, 0.3) is 5.56 Å². The zero-order valence-electron chi connectivity index (χ0n) is 19.5. The number of likely N-dealkylation sites (tertiary alicyclic amines) is 1. The molecule has 0 radical (unpaired) electrons. The van der Waals surface area contributed by atoms with Gasteiger partial charge in [-0.25, -0.2) is 10.1 Å². The van der Waals surface area contributed by atoms with E-state index >= 15 is 0 Å². The van der Waals surface area contributed by atoms with Gasteiger partial charge >= 0.3 is 0 Å². The number of carbonyl (C=O) groups excluding carboxylic acids is 1. The van der Waals surface area contributed by atoms with Gasteiger partial charge in [0.1, 0.15) is 23.5 Å². The molecule has 35 heavy (non-hydrogen) atoms. The molecule has 4 heterocycles. The Labute approximate surface area is 203 Å². The molecule has 11 nitrogen and oxygen atoms in total. The third-order valence-corrected chi connectivity index (χ3v) is 6.52. The maximum Gasteiger partial charge on any atom is 0.282 e. The molecule has 1 N–H and O–H groups in total. The lowest BCUT2D eigenvalue weighted by Crippen LogP contribution is -2.49. The van der Waals surface area contributed by atoms with E-state index in [1.54, 1.807) is 12.3 Å². The molecule has 4 rings (SSSR count). The lowest BCUT2D eigenvalue weighted by molar-refractivity contribution is -0.132. The van der Waals surface area contributed by atoms with Crippen LogP contribution in [0.1, 0.15) is 36.0 Å². The van der Waals surface area contributed by atoms with Crippen LogP contribution in [0.15, 0.2) is 29.3 Å². The number of nitrogens with one attached hydrogen (secondary N) is 1. The molecule has 0 aliphatic carbocycles. The zero-order valence-corrected chi connectivity index (χ0v) is 19.5. The molecule has 0 bridgehead atoms. The van der Waals surface area contributed by atoms with Crippen LogP contribution in [0.25, 0.3) is 0 Å². The van der Waals surface area contributed by atoms with E-state index in [1.807, 2.05) is 17.0 Å². The first-order chi connectivity index (χ1) is 17.1. The van der Waals surface area contributed by atoms with Crippen molar-refractivity contribution in [1.82, 2.24) is 25.0 Å². The molecule has 0 unspecified atom stereocenters. The largest absolute Gasteiger partial charge is 0.379 e. The fourth-order valence-corrected chi connectivity index (χ4v) is 4.55. The van der Waals surface area contributed by atoms with Gasteiger partial charge in [-0.15, -0.1) is 0 Å². The summed E-state index contributed by atoms with van der Waals surface area (Å²) >= 11 is 0. The molecular formula is C24H28N8O3. The molecule has 2 saturated heterocycles. The summed E-state index contributed by atoms with van der Waals surface area (Å²) in [4.78, 5) is 34.9. The quantitative estimate of drug-likeness (QED) is 0.543. The van der Waals surface area contributed by atoms with E-state index < -0.39 is 5.56 Å². The Morgan fingerprint density at radius 1 is 1.14 bits per heavy atom. The van der Waals surface area contributed by atoms with Crippen molar-refractivity contribution in [2.75, 3.05) is 50.8 Å². The highest BCUT2D eigenvalue weighted by atomic mass is 16.5. The van der Waals surface area contributed by atoms with E-state index in [9.17, 15) is 14.9 Å². The van der Waals surface area contributed by atoms with Crippen LogP contribution in [0.5, 0.6) is 0 Å². The van der Waals surface area contributed by atoms with Crippen molar-refractivity contribution in [3.05, 3.63) is 51.6 Å². The number of anilines is 1. The van der Waals surface area contributed by atoms with Crippen LogP contribution >= 0.6 is 0 Å². The standard InChI is InChI=1S/C24H28N8O3/c25-12-18-3-4-22(27-14-18)30-7-9-31(10-8-30)23(33)5-11-35-17-20-2-1-6-32(20)16-19-15-28-29-24(34)21(19)13-26/h3-4,14-15,20H,1-2,5-11,16-17H2,(H,29,34)/t20-/m0/s1. The molecule has 2 aromatic rings. The molecule has 11 heteroatoms. The number of aromatic nitrogens is 3. The van der Waals surface area contributed by atoms with E-state index in [0.717, 1.165) is 25.2 Å². The number of hydrogen-bond donors (Lipinski definition) is 1. The van der Waals surface area contributed by atoms with Crippen molar-refractivity contribution >= 4 is 11.7 Å². The summed E-state index contributed by atoms with van der Waals surface area (Å²) in [5, 5.41) is 24.3. The minimum atomic E-state index is -0.468. The van der Waals surface area contributed by atoms with Crippen LogP contribution in [0.2, 0.25) is 0 Å². The number of hydrogen-bond acceptors (Lipinski definition) is 9. The van der Waals surface area contributed by atoms with Crippen molar-refractivity contribution in [2.24, 2.45) is 0 Å². The second kappa shape index (κ2) is 11.6. The summed E-state index contributed by atoms with van der Waals surface area (Å²) in [6.07, 6.45) is 5.42. The van der Waals surface area contributed by atoms with Gasteiger partial charge in [0.15, 0.2) is 0 Å². The van der Waals surface area contributed by atoms with E-state index in [-0.39, 0.29) is 17.5 Å². The Bertz CT molecular complexity index is 1160. The Morgan fingerprint density at radius 2 is 1.97 bits per heavy atom. The van der Waals surface area contributed by atoms with Gasteiger partial charge in [-0.05, 0) is 31.5 Å². The van der Waals surface area contributed by atoms with Crippen LogP contribution in [-0.2, 0) is 16.1 Å². The topological polar surface area (TPSA) is 142 Å². The number of amides is 1. The van der Waals surface area contributed by atoms with E-state index in [1.165, 1.54) is 6.20 Å². The Kier molecular flexibility index (Phi) is 8.03. The number of piperazine rings is 1. The average Bonchev–Trinajstić information content (AvgIpc) is 3.33. The Hall–Kier alpha value is -3.80. The molecule has 1 amide bonds. The molecule has 2 aliphatic heterocycles. The first kappa shape index (κ1) is 24.3. The highest BCUT2D eigenvalue weighted by molar-refractivity contribution is 5.76. The second-order valence-electron chi connectivity index (χ2n) is 8.69. The number of ether oxygens (including phenoxy) is 1. The van der Waals surface area contributed by atoms with Gasteiger partial charge in [-0.1, -0.05) is 0 Å². The average molecular weight is 477 g/mol. The van der Waals surface area contributed by atoms with E-state index in [4.69, 9.17) is 10.00 Å². The van der Waals surface area contributed by atoms with Crippen molar-refractivity contribution in [2.45, 2.75) is 31.8 Å². The molecule has 2 aromatic heterocycles. The molecular weight excluding hydrogens is 448 g/mol. The minimum Gasteiger partial charge on any atom is -0.379 e. The third-order valence-electron chi connectivity index (χ3n) is 6.52. The highest BCUT2D eigenvalue weighted by Crippen LogP contribution is 2.21. The number of nitrogens with zero attached hydrogens (tertiary/aromatic N) is 7. The molecule has 182 valence electrons. The summed E-state index contributed by atoms with van der Waals surface area (Å²) in [6, 6.07) is 7.80. The highest BCUT2D eigenvalue weighted by Gasteiger charge is 2.26. The van der Waals surface area contributed by atoms with E-state index in [2.05, 4.69) is 31.1 Å². The van der Waals surface area contributed by atoms with Crippen LogP contribution in [-0.4, -0.2) is 82.9 Å². The van der Waals surface area contributed by atoms with Crippen LogP contribution in [0, 0.1) is 22.7 Å². The van der Waals surface area contributed by atoms with Crippen molar-refractivity contribution in [3.63, 3.8) is 0 Å². The first-order valence-corrected chi connectivity index (χ1v) is 11.8. The number of H-pyrrole nitrogens is 1. The molecule has 0 spiro atoms. The summed E-state index contributed by atoms with van der Waals surface area (Å²) in [5.41, 5.74) is 0.785. The minimum absolute atomic E-state index is 0.0777. The summed E-state index contributed by atoms with van der Waals surface area (Å²) < 4.78 is 5.86. The molecule has 0 saturated carbocycles. The predicted molar refractivity (Wildman–Crippen MR) is 126 cm³/mol. The number of nitriles is 2. The number of rotatable bonds is 8. The Balaban J connectivity index is 1.18. The van der Waals surface area contributed by atoms with Crippen molar-refractivity contribution < 1.29 is 9.53 Å². The first-order valence-electron chi connectivity index (χ1n) is 11.8. The van der Waals surface area contributed by atoms with Gasteiger partial charge in [0.2, 0.25) is 5.91 Å². The van der Waals surface area contributed by atoms with Crippen LogP contribution in [0.4, 0.5) is 5.82 Å². The van der Waals surface area contributed by atoms with Gasteiger partial charge < -0.3 is 14.5 Å². The van der Waals surface area contributed by atoms with Gasteiger partial charge in [0, 0.05) is 50.5 Å². The monoisotopic (exact) mass is 476 g/mol. The lowest BCUT2D eigenvalue weighted by atomic mass is 10.1. The number of pyridine rings is 1. The lowest BCUT2D eigenvalue weighted by Gasteiger charge is -2.35. The van der Waals surface area contributed by atoms with Crippen molar-refractivity contribution in [1.29, 1.82) is 10.5 Å². The predicted octanol–water partition coefficient (Wildman–Crippen LogP) is 0.628. The zero-order chi connectivity index (χ0) is 24.6. The Morgan fingerprint density at radius 3 is 2.69 bits per heavy atom. The fourth-order valence-electron chi connectivity index (χ4n) is 4.55. The third kappa shape index (κ3) is 6.01. The maximum atomic E-state index is 12.6. The molecule has 2 aliphatic rings. The number of aromatic amines is 1. The van der Waals surface area contributed by atoms with Gasteiger partial charge in [-0.3, -0.25) is 14.5 Å².